The van der Waals surface area contributed by atoms with Crippen LogP contribution in [0.15, 0.2) is 24.3 Å². The highest BCUT2D eigenvalue weighted by molar-refractivity contribution is 5.78. The van der Waals surface area contributed by atoms with Crippen LogP contribution in [0, 0.1) is 20.8 Å². The molecule has 0 saturated heterocycles. The van der Waals surface area contributed by atoms with Crippen LogP contribution in [0.3, 0.4) is 0 Å². The summed E-state index contributed by atoms with van der Waals surface area (Å²) in [4.78, 5) is 13.7. The summed E-state index contributed by atoms with van der Waals surface area (Å²) in [5, 5.41) is 7.55. The Bertz CT molecular complexity index is 675. The number of benzene rings is 1. The molecule has 0 bridgehead atoms. The van der Waals surface area contributed by atoms with E-state index in [0.717, 1.165) is 22.6 Å². The van der Waals surface area contributed by atoms with Crippen LogP contribution >= 0.6 is 0 Å². The van der Waals surface area contributed by atoms with Crippen LogP contribution in [0.5, 0.6) is 0 Å². The molecule has 0 aliphatic rings. The SMILES string of the molecule is CNCC(=O)N(C)Cc1c(C)nn(-c2ccccc2C)c1C. The average Bonchev–Trinajstić information content (AvgIpc) is 2.76. The number of aryl methyl sites for hydroxylation is 2. The summed E-state index contributed by atoms with van der Waals surface area (Å²) < 4.78 is 1.97. The van der Waals surface area contributed by atoms with Crippen LogP contribution in [0.4, 0.5) is 0 Å². The van der Waals surface area contributed by atoms with Crippen LogP contribution in [-0.4, -0.2) is 41.2 Å². The number of nitrogens with zero attached hydrogens (tertiary/aromatic N) is 3. The standard InChI is InChI=1S/C17H24N4O/c1-12-8-6-7-9-16(12)21-14(3)15(13(2)19-21)11-20(5)17(22)10-18-4/h6-9,18H,10-11H2,1-5H3. The number of para-hydroxylation sites is 1. The topological polar surface area (TPSA) is 50.2 Å². The van der Waals surface area contributed by atoms with E-state index in [0.29, 0.717) is 13.1 Å². The lowest BCUT2D eigenvalue weighted by Gasteiger charge is -2.17. The molecule has 1 amide bonds. The van der Waals surface area contributed by atoms with E-state index in [1.54, 1.807) is 11.9 Å². The molecule has 0 aliphatic carbocycles. The second-order valence-electron chi connectivity index (χ2n) is 5.63. The molecule has 0 radical (unpaired) electrons. The van der Waals surface area contributed by atoms with Gasteiger partial charge in [0, 0.05) is 24.8 Å². The van der Waals surface area contributed by atoms with Gasteiger partial charge in [-0.05, 0) is 39.4 Å². The summed E-state index contributed by atoms with van der Waals surface area (Å²) in [5.74, 6) is 0.0740. The molecule has 22 heavy (non-hydrogen) atoms. The molecule has 1 N–H and O–H groups in total. The molecule has 5 nitrogen and oxygen atoms in total. The molecule has 1 aromatic heterocycles. The molecule has 2 aromatic rings. The van der Waals surface area contributed by atoms with E-state index >= 15 is 0 Å². The normalized spacial score (nSPS) is 10.8. The number of rotatable bonds is 5. The predicted molar refractivity (Wildman–Crippen MR) is 88.2 cm³/mol. The zero-order valence-corrected chi connectivity index (χ0v) is 14.0. The molecule has 0 fully saturated rings. The van der Waals surface area contributed by atoms with Crippen molar-refractivity contribution in [1.82, 2.24) is 20.0 Å². The van der Waals surface area contributed by atoms with Crippen molar-refractivity contribution < 1.29 is 4.79 Å². The van der Waals surface area contributed by atoms with Crippen molar-refractivity contribution in [3.05, 3.63) is 46.8 Å². The summed E-state index contributed by atoms with van der Waals surface area (Å²) in [6.45, 7) is 7.05. The third kappa shape index (κ3) is 3.20. The first-order valence-corrected chi connectivity index (χ1v) is 7.45. The minimum Gasteiger partial charge on any atom is -0.340 e. The highest BCUT2D eigenvalue weighted by atomic mass is 16.2. The fourth-order valence-corrected chi connectivity index (χ4v) is 2.55. The van der Waals surface area contributed by atoms with Gasteiger partial charge in [-0.2, -0.15) is 5.10 Å². The Morgan fingerprint density at radius 3 is 2.59 bits per heavy atom. The molecular weight excluding hydrogens is 276 g/mol. The van der Waals surface area contributed by atoms with Crippen LogP contribution in [0.25, 0.3) is 5.69 Å². The Hall–Kier alpha value is -2.14. The second kappa shape index (κ2) is 6.75. The Morgan fingerprint density at radius 1 is 1.27 bits per heavy atom. The van der Waals surface area contributed by atoms with Gasteiger partial charge in [0.15, 0.2) is 0 Å². The van der Waals surface area contributed by atoms with E-state index in [1.165, 1.54) is 5.56 Å². The fraction of sp³-hybridized carbons (Fsp3) is 0.412. The van der Waals surface area contributed by atoms with Gasteiger partial charge in [0.25, 0.3) is 0 Å². The van der Waals surface area contributed by atoms with Crippen molar-refractivity contribution in [1.29, 1.82) is 0 Å². The Balaban J connectivity index is 2.32. The van der Waals surface area contributed by atoms with Crippen molar-refractivity contribution in [2.24, 2.45) is 0 Å². The van der Waals surface area contributed by atoms with Gasteiger partial charge in [-0.3, -0.25) is 4.79 Å². The van der Waals surface area contributed by atoms with Gasteiger partial charge in [-0.1, -0.05) is 18.2 Å². The first kappa shape index (κ1) is 16.2. The molecule has 118 valence electrons. The number of amides is 1. The first-order chi connectivity index (χ1) is 10.5. The van der Waals surface area contributed by atoms with E-state index in [1.807, 2.05) is 30.8 Å². The number of carbonyl (C=O) groups excluding carboxylic acids is 1. The summed E-state index contributed by atoms with van der Waals surface area (Å²) in [7, 11) is 3.60. The third-order valence-corrected chi connectivity index (χ3v) is 3.93. The molecule has 0 unspecified atom stereocenters. The second-order valence-corrected chi connectivity index (χ2v) is 5.63. The maximum absolute atomic E-state index is 11.9. The molecule has 2 rings (SSSR count). The van der Waals surface area contributed by atoms with Crippen molar-refractivity contribution in [3.63, 3.8) is 0 Å². The van der Waals surface area contributed by atoms with Gasteiger partial charge in [0.2, 0.25) is 5.91 Å². The molecule has 5 heteroatoms. The van der Waals surface area contributed by atoms with Crippen LogP contribution < -0.4 is 5.32 Å². The zero-order chi connectivity index (χ0) is 16.3. The molecule has 0 saturated carbocycles. The number of hydrogen-bond acceptors (Lipinski definition) is 3. The first-order valence-electron chi connectivity index (χ1n) is 7.45. The fourth-order valence-electron chi connectivity index (χ4n) is 2.55. The van der Waals surface area contributed by atoms with Gasteiger partial charge >= 0.3 is 0 Å². The lowest BCUT2D eigenvalue weighted by Crippen LogP contribution is -2.33. The molecule has 1 aromatic carbocycles. The Morgan fingerprint density at radius 2 is 1.95 bits per heavy atom. The lowest BCUT2D eigenvalue weighted by molar-refractivity contribution is -0.129. The van der Waals surface area contributed by atoms with Crippen molar-refractivity contribution in [3.8, 4) is 5.69 Å². The van der Waals surface area contributed by atoms with Gasteiger partial charge < -0.3 is 10.2 Å². The van der Waals surface area contributed by atoms with E-state index in [4.69, 9.17) is 0 Å². The van der Waals surface area contributed by atoms with Crippen molar-refractivity contribution in [2.45, 2.75) is 27.3 Å². The molecule has 0 atom stereocenters. The number of aromatic nitrogens is 2. The summed E-state index contributed by atoms with van der Waals surface area (Å²) in [6.07, 6.45) is 0. The average molecular weight is 300 g/mol. The summed E-state index contributed by atoms with van der Waals surface area (Å²) in [6, 6.07) is 8.18. The van der Waals surface area contributed by atoms with Crippen molar-refractivity contribution >= 4 is 5.91 Å². The van der Waals surface area contributed by atoms with E-state index < -0.39 is 0 Å². The smallest absolute Gasteiger partial charge is 0.236 e. The highest BCUT2D eigenvalue weighted by Gasteiger charge is 2.17. The summed E-state index contributed by atoms with van der Waals surface area (Å²) >= 11 is 0. The molecule has 1 heterocycles. The van der Waals surface area contributed by atoms with Crippen molar-refractivity contribution in [2.75, 3.05) is 20.6 Å². The molecule has 0 spiro atoms. The number of nitrogens with one attached hydrogen (secondary N) is 1. The van der Waals surface area contributed by atoms with Crippen LogP contribution in [0.1, 0.15) is 22.5 Å². The quantitative estimate of drug-likeness (QED) is 0.918. The van der Waals surface area contributed by atoms with Gasteiger partial charge in [0.05, 0.1) is 17.9 Å². The predicted octanol–water partition coefficient (Wildman–Crippen LogP) is 1.98. The monoisotopic (exact) mass is 300 g/mol. The molecule has 0 aliphatic heterocycles. The highest BCUT2D eigenvalue weighted by Crippen LogP contribution is 2.21. The van der Waals surface area contributed by atoms with E-state index in [2.05, 4.69) is 36.4 Å². The van der Waals surface area contributed by atoms with Gasteiger partial charge in [-0.15, -0.1) is 0 Å². The van der Waals surface area contributed by atoms with E-state index in [9.17, 15) is 4.79 Å². The lowest BCUT2D eigenvalue weighted by atomic mass is 10.1. The van der Waals surface area contributed by atoms with Crippen LogP contribution in [0.2, 0.25) is 0 Å². The molecular formula is C17H24N4O. The summed E-state index contributed by atoms with van der Waals surface area (Å²) in [5.41, 5.74) is 5.41. The zero-order valence-electron chi connectivity index (χ0n) is 14.0. The Kier molecular flexibility index (Phi) is 4.98. The van der Waals surface area contributed by atoms with E-state index in [-0.39, 0.29) is 5.91 Å². The van der Waals surface area contributed by atoms with Crippen LogP contribution in [-0.2, 0) is 11.3 Å². The maximum atomic E-state index is 11.9. The van der Waals surface area contributed by atoms with Gasteiger partial charge in [0.1, 0.15) is 0 Å². The Labute approximate surface area is 131 Å². The van der Waals surface area contributed by atoms with Gasteiger partial charge in [-0.25, -0.2) is 4.68 Å². The number of hydrogen-bond donors (Lipinski definition) is 1. The maximum Gasteiger partial charge on any atom is 0.236 e. The third-order valence-electron chi connectivity index (χ3n) is 3.93. The minimum atomic E-state index is 0.0740. The number of carbonyl (C=O) groups is 1. The largest absolute Gasteiger partial charge is 0.340 e. The number of likely N-dealkylation sites (N-methyl/N-ethyl adjacent to an activating group) is 2. The minimum absolute atomic E-state index is 0.0740.